The molecule has 0 atom stereocenters. The minimum absolute atomic E-state index is 0.608. The third-order valence-electron chi connectivity index (χ3n) is 3.07. The van der Waals surface area contributed by atoms with Crippen molar-refractivity contribution < 1.29 is 4.79 Å². The van der Waals surface area contributed by atoms with Crippen LogP contribution in [-0.4, -0.2) is 6.29 Å². The molecule has 0 unspecified atom stereocenters. The Balaban J connectivity index is 3.18. The predicted octanol–water partition coefficient (Wildman–Crippen LogP) is 5.36. The molecule has 0 fully saturated rings. The van der Waals surface area contributed by atoms with Crippen LogP contribution in [0.3, 0.4) is 0 Å². The van der Waals surface area contributed by atoms with E-state index >= 15 is 0 Å². The highest BCUT2D eigenvalue weighted by Gasteiger charge is 1.89. The third kappa shape index (κ3) is 17.0. The lowest BCUT2D eigenvalue weighted by Crippen LogP contribution is -1.80. The van der Waals surface area contributed by atoms with Crippen molar-refractivity contribution in [2.24, 2.45) is 0 Å². The van der Waals surface area contributed by atoms with Crippen molar-refractivity contribution in [1.29, 1.82) is 0 Å². The van der Waals surface area contributed by atoms with Crippen LogP contribution in [0.1, 0.15) is 84.0 Å². The number of hydrogen-bond donors (Lipinski definition) is 0. The molecule has 0 spiro atoms. The van der Waals surface area contributed by atoms with Crippen molar-refractivity contribution >= 4 is 6.29 Å². The molecule has 0 saturated heterocycles. The van der Waals surface area contributed by atoms with Gasteiger partial charge < -0.3 is 0 Å². The Labute approximate surface area is 119 Å². The van der Waals surface area contributed by atoms with E-state index in [4.69, 9.17) is 0 Å². The van der Waals surface area contributed by atoms with Crippen molar-refractivity contribution in [1.82, 2.24) is 0 Å². The molecule has 0 aliphatic rings. The Kier molecular flexibility index (Phi) is 16.1. The molecule has 0 N–H and O–H groups in total. The van der Waals surface area contributed by atoms with E-state index in [-0.39, 0.29) is 0 Å². The van der Waals surface area contributed by atoms with Crippen LogP contribution >= 0.6 is 0 Å². The van der Waals surface area contributed by atoms with Crippen LogP contribution in [0, 0.1) is 11.8 Å². The molecule has 19 heavy (non-hydrogen) atoms. The average molecular weight is 261 g/mol. The van der Waals surface area contributed by atoms with E-state index in [1.165, 1.54) is 44.9 Å². The highest BCUT2D eigenvalue weighted by molar-refractivity contribution is 5.50. The second-order valence-electron chi connectivity index (χ2n) is 4.94. The van der Waals surface area contributed by atoms with E-state index in [1.54, 1.807) is 0 Å². The van der Waals surface area contributed by atoms with Crippen molar-refractivity contribution in [2.75, 3.05) is 0 Å². The molecule has 107 valence electrons. The molecular weight excluding hydrogens is 232 g/mol. The van der Waals surface area contributed by atoms with Gasteiger partial charge in [0.25, 0.3) is 0 Å². The summed E-state index contributed by atoms with van der Waals surface area (Å²) < 4.78 is 0. The smallest absolute Gasteiger partial charge is 0.198 e. The number of rotatable bonds is 12. The topological polar surface area (TPSA) is 17.1 Å². The summed E-state index contributed by atoms with van der Waals surface area (Å²) >= 11 is 0. The molecule has 0 aliphatic carbocycles. The fraction of sp³-hybridized carbons (Fsp3) is 0.722. The maximum atomic E-state index is 9.99. The van der Waals surface area contributed by atoms with E-state index in [0.29, 0.717) is 6.42 Å². The molecule has 1 heteroatoms. The fourth-order valence-electron chi connectivity index (χ4n) is 1.87. The number of allylic oxidation sites excluding steroid dienone is 2. The van der Waals surface area contributed by atoms with Crippen LogP contribution in [0.25, 0.3) is 0 Å². The van der Waals surface area contributed by atoms with Gasteiger partial charge in [-0.1, -0.05) is 57.1 Å². The molecule has 0 aliphatic heterocycles. The van der Waals surface area contributed by atoms with Crippen molar-refractivity contribution in [2.45, 2.75) is 84.0 Å². The zero-order valence-electron chi connectivity index (χ0n) is 12.5. The SMILES string of the molecule is CCCCCC#CC/C=C/CCCCCCC[C]=O. The first kappa shape index (κ1) is 18.0. The highest BCUT2D eigenvalue weighted by Crippen LogP contribution is 2.07. The summed E-state index contributed by atoms with van der Waals surface area (Å²) in [6, 6.07) is 0. The van der Waals surface area contributed by atoms with E-state index in [9.17, 15) is 4.79 Å². The maximum absolute atomic E-state index is 9.99. The summed E-state index contributed by atoms with van der Waals surface area (Å²) in [6.07, 6.45) is 19.9. The van der Waals surface area contributed by atoms with Crippen molar-refractivity contribution in [3.63, 3.8) is 0 Å². The lowest BCUT2D eigenvalue weighted by Gasteiger charge is -1.96. The molecule has 0 aromatic heterocycles. The molecule has 1 radical (unpaired) electrons. The van der Waals surface area contributed by atoms with Gasteiger partial charge in [-0.25, -0.2) is 0 Å². The Hall–Kier alpha value is -1.03. The molecule has 0 heterocycles. The van der Waals surface area contributed by atoms with Gasteiger partial charge in [0.05, 0.1) is 0 Å². The van der Waals surface area contributed by atoms with E-state index in [0.717, 1.165) is 25.7 Å². The molecule has 0 amide bonds. The van der Waals surface area contributed by atoms with Gasteiger partial charge in [-0.15, -0.1) is 5.92 Å². The third-order valence-corrected chi connectivity index (χ3v) is 3.07. The zero-order chi connectivity index (χ0) is 14.0. The summed E-state index contributed by atoms with van der Waals surface area (Å²) in [6.45, 7) is 2.22. The summed E-state index contributed by atoms with van der Waals surface area (Å²) in [4.78, 5) is 9.99. The lowest BCUT2D eigenvalue weighted by atomic mass is 10.1. The summed E-state index contributed by atoms with van der Waals surface area (Å²) in [7, 11) is 0. The second-order valence-corrected chi connectivity index (χ2v) is 4.94. The molecule has 0 rings (SSSR count). The summed E-state index contributed by atoms with van der Waals surface area (Å²) in [5.41, 5.74) is 0. The summed E-state index contributed by atoms with van der Waals surface area (Å²) in [5, 5.41) is 0. The first-order chi connectivity index (χ1) is 9.41. The first-order valence-electron chi connectivity index (χ1n) is 7.87. The summed E-state index contributed by atoms with van der Waals surface area (Å²) in [5.74, 6) is 6.41. The Morgan fingerprint density at radius 2 is 1.53 bits per heavy atom. The molecule has 0 bridgehead atoms. The Bertz CT molecular complexity index is 267. The van der Waals surface area contributed by atoms with Gasteiger partial charge in [-0.3, -0.25) is 4.79 Å². The fourth-order valence-corrected chi connectivity index (χ4v) is 1.87. The Morgan fingerprint density at radius 3 is 2.32 bits per heavy atom. The number of unbranched alkanes of at least 4 members (excludes halogenated alkanes) is 9. The van der Waals surface area contributed by atoms with E-state index in [1.807, 2.05) is 6.29 Å². The molecule has 0 saturated carbocycles. The Morgan fingerprint density at radius 1 is 0.789 bits per heavy atom. The molecule has 0 aromatic rings. The molecule has 0 aromatic carbocycles. The van der Waals surface area contributed by atoms with Crippen molar-refractivity contribution in [3.05, 3.63) is 12.2 Å². The standard InChI is InChI=1S/C18H29O/c1-2-3-4-5-6-7-8-9-10-11-12-13-14-15-16-17-18-19/h9-10H,2-5,8,11-17H2,1H3/b10-9+. The van der Waals surface area contributed by atoms with Gasteiger partial charge in [-0.2, -0.15) is 0 Å². The first-order valence-corrected chi connectivity index (χ1v) is 7.87. The number of hydrogen-bond acceptors (Lipinski definition) is 1. The van der Waals surface area contributed by atoms with Gasteiger partial charge in [0.15, 0.2) is 6.29 Å². The van der Waals surface area contributed by atoms with Crippen LogP contribution in [0.2, 0.25) is 0 Å². The van der Waals surface area contributed by atoms with E-state index in [2.05, 4.69) is 30.9 Å². The molecular formula is C18H29O. The predicted molar refractivity (Wildman–Crippen MR) is 83.7 cm³/mol. The monoisotopic (exact) mass is 261 g/mol. The largest absolute Gasteiger partial charge is 0.291 e. The minimum Gasteiger partial charge on any atom is -0.291 e. The normalized spacial score (nSPS) is 10.4. The average Bonchev–Trinajstić information content (AvgIpc) is 2.43. The van der Waals surface area contributed by atoms with Gasteiger partial charge in [0.1, 0.15) is 0 Å². The second kappa shape index (κ2) is 17.0. The highest BCUT2D eigenvalue weighted by atomic mass is 16.1. The zero-order valence-corrected chi connectivity index (χ0v) is 12.5. The van der Waals surface area contributed by atoms with Crippen LogP contribution in [0.15, 0.2) is 12.2 Å². The van der Waals surface area contributed by atoms with Crippen LogP contribution < -0.4 is 0 Å². The van der Waals surface area contributed by atoms with E-state index < -0.39 is 0 Å². The van der Waals surface area contributed by atoms with Crippen molar-refractivity contribution in [3.8, 4) is 11.8 Å². The minimum atomic E-state index is 0.608. The van der Waals surface area contributed by atoms with Gasteiger partial charge in [0, 0.05) is 19.3 Å². The van der Waals surface area contributed by atoms with Gasteiger partial charge >= 0.3 is 0 Å². The van der Waals surface area contributed by atoms with Crippen LogP contribution in [0.5, 0.6) is 0 Å². The quantitative estimate of drug-likeness (QED) is 0.263. The van der Waals surface area contributed by atoms with Crippen LogP contribution in [0.4, 0.5) is 0 Å². The lowest BCUT2D eigenvalue weighted by molar-refractivity contribution is 0.542. The number of carbonyl (C=O) groups excluding carboxylic acids is 1. The molecule has 1 nitrogen and oxygen atoms in total. The van der Waals surface area contributed by atoms with Gasteiger partial charge in [-0.05, 0) is 25.7 Å². The van der Waals surface area contributed by atoms with Crippen LogP contribution in [-0.2, 0) is 4.79 Å². The maximum Gasteiger partial charge on any atom is 0.198 e. The van der Waals surface area contributed by atoms with Gasteiger partial charge in [0.2, 0.25) is 0 Å².